The first-order valence-electron chi connectivity index (χ1n) is 8.52. The number of ether oxygens (including phenoxy) is 2. The summed E-state index contributed by atoms with van der Waals surface area (Å²) in [6.45, 7) is 4.31. The van der Waals surface area contributed by atoms with Gasteiger partial charge >= 0.3 is 17.9 Å². The Morgan fingerprint density at radius 2 is 1.78 bits per heavy atom. The van der Waals surface area contributed by atoms with E-state index in [0.29, 0.717) is 12.3 Å². The third kappa shape index (κ3) is 6.87. The smallest absolute Gasteiger partial charge is 0.422 e. The summed E-state index contributed by atoms with van der Waals surface area (Å²) in [7, 11) is 0. The van der Waals surface area contributed by atoms with Gasteiger partial charge in [-0.25, -0.2) is 14.4 Å². The summed E-state index contributed by atoms with van der Waals surface area (Å²) in [5.41, 5.74) is -0.384. The second-order valence-corrected chi connectivity index (χ2v) is 7.09. The molecular formula is C18H21Cl3O6. The number of carbonyl (C=O) groups is 3. The van der Waals surface area contributed by atoms with E-state index in [-0.39, 0.29) is 27.2 Å². The van der Waals surface area contributed by atoms with Crippen LogP contribution in [0.25, 0.3) is 0 Å². The van der Waals surface area contributed by atoms with Crippen molar-refractivity contribution in [1.29, 1.82) is 0 Å². The Morgan fingerprint density at radius 3 is 2.33 bits per heavy atom. The van der Waals surface area contributed by atoms with Crippen LogP contribution in [0.2, 0.25) is 15.1 Å². The molecule has 0 saturated carbocycles. The number of hydrogen-bond donors (Lipinski definition) is 1. The lowest BCUT2D eigenvalue weighted by Crippen LogP contribution is -2.21. The number of halogens is 3. The Morgan fingerprint density at radius 1 is 1.11 bits per heavy atom. The number of rotatable bonds is 9. The first-order chi connectivity index (χ1) is 12.7. The van der Waals surface area contributed by atoms with Crippen LogP contribution in [0, 0.1) is 5.92 Å². The maximum Gasteiger partial charge on any atom is 0.422 e. The van der Waals surface area contributed by atoms with E-state index in [1.807, 2.05) is 0 Å². The van der Waals surface area contributed by atoms with Gasteiger partial charge in [0.25, 0.3) is 0 Å². The van der Waals surface area contributed by atoms with Crippen LogP contribution in [0.4, 0.5) is 0 Å². The van der Waals surface area contributed by atoms with E-state index < -0.39 is 23.7 Å². The average Bonchev–Trinajstić information content (AvgIpc) is 2.62. The molecule has 0 radical (unpaired) electrons. The molecule has 27 heavy (non-hydrogen) atoms. The van der Waals surface area contributed by atoms with Crippen molar-refractivity contribution in [2.75, 3.05) is 6.61 Å². The molecule has 0 bridgehead atoms. The van der Waals surface area contributed by atoms with Crippen LogP contribution in [0.3, 0.4) is 0 Å². The van der Waals surface area contributed by atoms with Gasteiger partial charge in [0, 0.05) is 0 Å². The van der Waals surface area contributed by atoms with Crippen molar-refractivity contribution in [2.24, 2.45) is 5.92 Å². The first kappa shape index (κ1) is 23.5. The average molecular weight is 440 g/mol. The molecule has 150 valence electrons. The van der Waals surface area contributed by atoms with Crippen molar-refractivity contribution < 1.29 is 29.0 Å². The van der Waals surface area contributed by atoms with Gasteiger partial charge < -0.3 is 14.6 Å². The molecule has 0 saturated heterocycles. The third-order valence-corrected chi connectivity index (χ3v) is 5.07. The topological polar surface area (TPSA) is 89.9 Å². The second-order valence-electron chi connectivity index (χ2n) is 5.89. The van der Waals surface area contributed by atoms with Crippen molar-refractivity contribution >= 4 is 52.7 Å². The summed E-state index contributed by atoms with van der Waals surface area (Å²) >= 11 is 17.9. The van der Waals surface area contributed by atoms with Gasteiger partial charge in [0.05, 0.1) is 21.7 Å². The largest absolute Gasteiger partial charge is 0.473 e. The van der Waals surface area contributed by atoms with Crippen LogP contribution >= 0.6 is 34.8 Å². The molecule has 1 rings (SSSR count). The van der Waals surface area contributed by atoms with Crippen molar-refractivity contribution in [2.45, 2.75) is 46.0 Å². The number of esters is 2. The number of hydrogen-bond acceptors (Lipinski definition) is 5. The predicted molar refractivity (Wildman–Crippen MR) is 103 cm³/mol. The molecule has 0 aliphatic rings. The Bertz CT molecular complexity index is 705. The van der Waals surface area contributed by atoms with E-state index in [9.17, 15) is 14.4 Å². The molecule has 0 aliphatic carbocycles. The Labute approximate surface area is 172 Å². The first-order valence-corrected chi connectivity index (χ1v) is 9.65. The van der Waals surface area contributed by atoms with Crippen LogP contribution in [0.5, 0.6) is 5.75 Å². The quantitative estimate of drug-likeness (QED) is 0.240. The molecule has 0 heterocycles. The number of unbranched alkanes of at least 4 members (excludes halogenated alkanes) is 1. The summed E-state index contributed by atoms with van der Waals surface area (Å²) < 4.78 is 9.92. The fourth-order valence-corrected chi connectivity index (χ4v) is 3.15. The van der Waals surface area contributed by atoms with Gasteiger partial charge in [-0.05, 0) is 18.4 Å². The van der Waals surface area contributed by atoms with Gasteiger partial charge in [0.1, 0.15) is 5.56 Å². The van der Waals surface area contributed by atoms with E-state index >= 15 is 0 Å². The van der Waals surface area contributed by atoms with E-state index in [1.54, 1.807) is 0 Å². The van der Waals surface area contributed by atoms with Gasteiger partial charge in [0.15, 0.2) is 5.75 Å². The highest BCUT2D eigenvalue weighted by Gasteiger charge is 2.28. The van der Waals surface area contributed by atoms with Crippen LogP contribution in [0.15, 0.2) is 6.07 Å². The Hall–Kier alpha value is -1.50. The number of aliphatic carboxylic acids is 1. The standard InChI is InChI=1S/C18H21Cl3O6/c1-3-5-6-10(4-2)7-8-26-17(24)13-14(21)11(19)9-12(20)15(13)27-18(25)16(22)23/h9-10H,3-8H2,1-2H3,(H,22,23). The zero-order valence-corrected chi connectivity index (χ0v) is 17.3. The van der Waals surface area contributed by atoms with Crippen molar-refractivity contribution in [3.05, 3.63) is 26.7 Å². The van der Waals surface area contributed by atoms with Gasteiger partial charge in [0.2, 0.25) is 0 Å². The zero-order valence-electron chi connectivity index (χ0n) is 15.0. The molecule has 1 unspecified atom stereocenters. The van der Waals surface area contributed by atoms with Crippen LogP contribution < -0.4 is 4.74 Å². The highest BCUT2D eigenvalue weighted by Crippen LogP contribution is 2.39. The molecule has 0 aromatic heterocycles. The van der Waals surface area contributed by atoms with Crippen molar-refractivity contribution in [3.8, 4) is 5.75 Å². The van der Waals surface area contributed by atoms with E-state index in [2.05, 4.69) is 18.6 Å². The summed E-state index contributed by atoms with van der Waals surface area (Å²) in [5, 5.41) is 8.16. The molecule has 0 fully saturated rings. The lowest BCUT2D eigenvalue weighted by Gasteiger charge is -2.16. The molecule has 1 aromatic rings. The minimum atomic E-state index is -1.85. The number of benzene rings is 1. The monoisotopic (exact) mass is 438 g/mol. The zero-order chi connectivity index (χ0) is 20.6. The molecule has 0 aliphatic heterocycles. The van der Waals surface area contributed by atoms with Crippen molar-refractivity contribution in [3.63, 3.8) is 0 Å². The molecule has 1 N–H and O–H groups in total. The van der Waals surface area contributed by atoms with E-state index in [1.165, 1.54) is 0 Å². The fraction of sp³-hybridized carbons (Fsp3) is 0.500. The minimum absolute atomic E-state index is 0.0573. The summed E-state index contributed by atoms with van der Waals surface area (Å²) in [6, 6.07) is 1.14. The maximum atomic E-state index is 12.5. The molecule has 6 nitrogen and oxygen atoms in total. The summed E-state index contributed by atoms with van der Waals surface area (Å²) in [6.07, 6.45) is 4.85. The number of carboxylic acid groups (broad SMARTS) is 1. The lowest BCUT2D eigenvalue weighted by atomic mass is 9.96. The normalized spacial score (nSPS) is 11.7. The molecule has 9 heteroatoms. The highest BCUT2D eigenvalue weighted by molar-refractivity contribution is 6.46. The minimum Gasteiger partial charge on any atom is -0.473 e. The lowest BCUT2D eigenvalue weighted by molar-refractivity contribution is -0.158. The second kappa shape index (κ2) is 11.4. The predicted octanol–water partition coefficient (Wildman–Crippen LogP) is 5.40. The van der Waals surface area contributed by atoms with Gasteiger partial charge in [-0.15, -0.1) is 0 Å². The summed E-state index contributed by atoms with van der Waals surface area (Å²) in [4.78, 5) is 34.6. The molecule has 0 spiro atoms. The third-order valence-electron chi connectivity index (χ3n) is 4.00. The highest BCUT2D eigenvalue weighted by atomic mass is 35.5. The van der Waals surface area contributed by atoms with Crippen LogP contribution in [-0.4, -0.2) is 29.6 Å². The van der Waals surface area contributed by atoms with Crippen LogP contribution in [0.1, 0.15) is 56.3 Å². The molecule has 1 atom stereocenters. The number of carboxylic acids is 1. The Balaban J connectivity index is 2.97. The van der Waals surface area contributed by atoms with Gasteiger partial charge in [-0.3, -0.25) is 0 Å². The molecule has 1 aromatic carbocycles. The SMILES string of the molecule is CCCCC(CC)CCOC(=O)c1c(Cl)c(Cl)cc(Cl)c1OC(=O)C(=O)O. The van der Waals surface area contributed by atoms with E-state index in [0.717, 1.165) is 31.7 Å². The van der Waals surface area contributed by atoms with Gasteiger partial charge in [-0.2, -0.15) is 0 Å². The molecular weight excluding hydrogens is 419 g/mol. The summed E-state index contributed by atoms with van der Waals surface area (Å²) in [5.74, 6) is -4.45. The van der Waals surface area contributed by atoms with Crippen LogP contribution in [-0.2, 0) is 14.3 Å². The molecule has 0 amide bonds. The van der Waals surface area contributed by atoms with E-state index in [4.69, 9.17) is 44.6 Å². The van der Waals surface area contributed by atoms with Crippen molar-refractivity contribution in [1.82, 2.24) is 0 Å². The van der Waals surface area contributed by atoms with Gasteiger partial charge in [-0.1, -0.05) is 74.3 Å². The maximum absolute atomic E-state index is 12.5. The fourth-order valence-electron chi connectivity index (χ4n) is 2.43. The Kier molecular flexibility index (Phi) is 9.91. The number of carbonyl (C=O) groups excluding carboxylic acids is 2.